The number of hydrogen-bond donors (Lipinski definition) is 7. The summed E-state index contributed by atoms with van der Waals surface area (Å²) in [7, 11) is 0. The number of hydrogen-bond acceptors (Lipinski definition) is 12. The third-order valence-corrected chi connectivity index (χ3v) is 3.65. The zero-order chi connectivity index (χ0) is 21.6. The van der Waals surface area contributed by atoms with E-state index in [0.29, 0.717) is 0 Å². The van der Waals surface area contributed by atoms with Gasteiger partial charge in [-0.15, -0.1) is 10.2 Å². The number of amides is 3. The molecule has 29 heavy (non-hydrogen) atoms. The van der Waals surface area contributed by atoms with Crippen molar-refractivity contribution in [3.05, 3.63) is 23.5 Å². The van der Waals surface area contributed by atoms with Gasteiger partial charge in [0.25, 0.3) is 0 Å². The van der Waals surface area contributed by atoms with E-state index in [-0.39, 0.29) is 29.9 Å². The Morgan fingerprint density at radius 2 is 1.93 bits per heavy atom. The molecule has 0 aliphatic carbocycles. The second kappa shape index (κ2) is 9.87. The molecule has 3 amide bonds. The molecule has 2 aromatic rings. The standard InChI is InChI=1S/C14H22N8O7/c1-5(25)10(13-21-20-9(4-24)28-13)18-14(27)17-7(2-8(16)26)12-19-11(22-29-12)6(15)3-23/h5-7,10,23-25H,2-4,15H2,1H3,(H2,16,26)(H2,17,18,27)/t5?,6?,7-,10+/m0/s1. The van der Waals surface area contributed by atoms with Crippen LogP contribution in [0.15, 0.2) is 8.94 Å². The van der Waals surface area contributed by atoms with Gasteiger partial charge >= 0.3 is 6.03 Å². The highest BCUT2D eigenvalue weighted by molar-refractivity contribution is 5.78. The van der Waals surface area contributed by atoms with E-state index in [9.17, 15) is 14.7 Å². The largest absolute Gasteiger partial charge is 0.420 e. The average molecular weight is 414 g/mol. The minimum absolute atomic E-state index is 0.0246. The first-order valence-corrected chi connectivity index (χ1v) is 8.41. The highest BCUT2D eigenvalue weighted by Crippen LogP contribution is 2.19. The van der Waals surface area contributed by atoms with Crippen molar-refractivity contribution in [3.8, 4) is 0 Å². The van der Waals surface area contributed by atoms with Crippen LogP contribution in [0.3, 0.4) is 0 Å². The number of urea groups is 1. The normalized spacial score (nSPS) is 15.3. The number of nitrogens with two attached hydrogens (primary N) is 2. The molecule has 0 saturated carbocycles. The summed E-state index contributed by atoms with van der Waals surface area (Å²) in [6.07, 6.45) is -1.52. The van der Waals surface area contributed by atoms with E-state index in [4.69, 9.17) is 30.6 Å². The summed E-state index contributed by atoms with van der Waals surface area (Å²) in [5, 5.41) is 43.5. The Balaban J connectivity index is 2.13. The number of carbonyl (C=O) groups is 2. The molecule has 9 N–H and O–H groups in total. The molecule has 2 unspecified atom stereocenters. The minimum atomic E-state index is -1.14. The zero-order valence-electron chi connectivity index (χ0n) is 15.3. The Labute approximate surface area is 163 Å². The average Bonchev–Trinajstić information content (AvgIpc) is 3.33. The number of rotatable bonds is 10. The second-order valence-electron chi connectivity index (χ2n) is 6.03. The molecule has 0 spiro atoms. The lowest BCUT2D eigenvalue weighted by atomic mass is 10.1. The number of carbonyl (C=O) groups excluding carboxylic acids is 2. The number of aromatic nitrogens is 4. The van der Waals surface area contributed by atoms with Gasteiger partial charge in [-0.2, -0.15) is 4.98 Å². The van der Waals surface area contributed by atoms with Gasteiger partial charge in [0.2, 0.25) is 23.6 Å². The van der Waals surface area contributed by atoms with Crippen molar-refractivity contribution < 1.29 is 33.8 Å². The Morgan fingerprint density at radius 1 is 1.21 bits per heavy atom. The lowest BCUT2D eigenvalue weighted by Gasteiger charge is -2.20. The van der Waals surface area contributed by atoms with Crippen LogP contribution in [0.4, 0.5) is 4.79 Å². The Morgan fingerprint density at radius 3 is 2.48 bits per heavy atom. The number of aliphatic hydroxyl groups is 3. The summed E-state index contributed by atoms with van der Waals surface area (Å²) in [5.74, 6) is -1.19. The first-order valence-electron chi connectivity index (χ1n) is 8.41. The number of nitrogens with one attached hydrogen (secondary N) is 2. The van der Waals surface area contributed by atoms with E-state index in [1.807, 2.05) is 0 Å². The first-order chi connectivity index (χ1) is 13.7. The highest BCUT2D eigenvalue weighted by Gasteiger charge is 2.29. The molecule has 2 aromatic heterocycles. The lowest BCUT2D eigenvalue weighted by Crippen LogP contribution is -2.44. The number of nitrogens with zero attached hydrogens (tertiary/aromatic N) is 4. The molecular formula is C14H22N8O7. The van der Waals surface area contributed by atoms with E-state index in [0.717, 1.165) is 0 Å². The number of primary amides is 1. The minimum Gasteiger partial charge on any atom is -0.420 e. The molecule has 2 rings (SSSR count). The maximum atomic E-state index is 12.4. The maximum absolute atomic E-state index is 12.4. The smallest absolute Gasteiger partial charge is 0.316 e. The molecule has 4 atom stereocenters. The van der Waals surface area contributed by atoms with Crippen LogP contribution >= 0.6 is 0 Å². The summed E-state index contributed by atoms with van der Waals surface area (Å²) >= 11 is 0. The van der Waals surface area contributed by atoms with Gasteiger partial charge < -0.3 is 46.4 Å². The number of aliphatic hydroxyl groups excluding tert-OH is 3. The fourth-order valence-electron chi connectivity index (χ4n) is 2.21. The molecule has 0 fully saturated rings. The lowest BCUT2D eigenvalue weighted by molar-refractivity contribution is -0.118. The summed E-state index contributed by atoms with van der Waals surface area (Å²) < 4.78 is 10.1. The van der Waals surface area contributed by atoms with Crippen LogP contribution in [0.1, 0.15) is 55.0 Å². The Kier molecular flexibility index (Phi) is 7.54. The molecule has 0 saturated heterocycles. The Hall–Kier alpha value is -3.14. The van der Waals surface area contributed by atoms with E-state index in [1.165, 1.54) is 6.92 Å². The van der Waals surface area contributed by atoms with Crippen LogP contribution in [0, 0.1) is 0 Å². The van der Waals surface area contributed by atoms with Gasteiger partial charge in [-0.25, -0.2) is 4.79 Å². The molecule has 0 aliphatic heterocycles. The predicted octanol–water partition coefficient (Wildman–Crippen LogP) is -2.73. The van der Waals surface area contributed by atoms with Gasteiger partial charge in [0, 0.05) is 0 Å². The summed E-state index contributed by atoms with van der Waals surface area (Å²) in [6.45, 7) is 0.417. The van der Waals surface area contributed by atoms with Crippen LogP contribution in [-0.4, -0.2) is 60.3 Å². The van der Waals surface area contributed by atoms with Crippen molar-refractivity contribution in [2.45, 2.75) is 44.2 Å². The fourth-order valence-corrected chi connectivity index (χ4v) is 2.21. The van der Waals surface area contributed by atoms with Crippen molar-refractivity contribution in [2.75, 3.05) is 6.61 Å². The maximum Gasteiger partial charge on any atom is 0.316 e. The third kappa shape index (κ3) is 5.92. The van der Waals surface area contributed by atoms with Crippen molar-refractivity contribution in [3.63, 3.8) is 0 Å². The monoisotopic (exact) mass is 414 g/mol. The van der Waals surface area contributed by atoms with Gasteiger partial charge in [0.1, 0.15) is 18.7 Å². The Bertz CT molecular complexity index is 823. The molecule has 15 nitrogen and oxygen atoms in total. The van der Waals surface area contributed by atoms with Crippen molar-refractivity contribution in [1.29, 1.82) is 0 Å². The molecule has 0 aliphatic rings. The quantitative estimate of drug-likeness (QED) is 0.209. The van der Waals surface area contributed by atoms with Crippen LogP contribution < -0.4 is 22.1 Å². The summed E-state index contributed by atoms with van der Waals surface area (Å²) in [4.78, 5) is 27.7. The van der Waals surface area contributed by atoms with Crippen molar-refractivity contribution >= 4 is 11.9 Å². The topological polar surface area (TPSA) is 249 Å². The molecule has 0 bridgehead atoms. The van der Waals surface area contributed by atoms with E-state index in [2.05, 4.69) is 31.0 Å². The van der Waals surface area contributed by atoms with Crippen molar-refractivity contribution in [1.82, 2.24) is 31.0 Å². The zero-order valence-corrected chi connectivity index (χ0v) is 15.3. The fraction of sp³-hybridized carbons (Fsp3) is 0.571. The van der Waals surface area contributed by atoms with E-state index >= 15 is 0 Å². The van der Waals surface area contributed by atoms with Gasteiger partial charge in [0.05, 0.1) is 25.2 Å². The predicted molar refractivity (Wildman–Crippen MR) is 91.2 cm³/mol. The summed E-state index contributed by atoms with van der Waals surface area (Å²) in [6, 6.07) is -3.98. The first kappa shape index (κ1) is 22.2. The van der Waals surface area contributed by atoms with Crippen molar-refractivity contribution in [2.24, 2.45) is 11.5 Å². The van der Waals surface area contributed by atoms with Crippen LogP contribution in [0.25, 0.3) is 0 Å². The van der Waals surface area contributed by atoms with Gasteiger partial charge in [-0.3, -0.25) is 4.79 Å². The third-order valence-electron chi connectivity index (χ3n) is 3.65. The second-order valence-corrected chi connectivity index (χ2v) is 6.03. The van der Waals surface area contributed by atoms with E-state index in [1.54, 1.807) is 0 Å². The van der Waals surface area contributed by atoms with Crippen LogP contribution in [0.2, 0.25) is 0 Å². The van der Waals surface area contributed by atoms with Crippen LogP contribution in [0.5, 0.6) is 0 Å². The van der Waals surface area contributed by atoms with Gasteiger partial charge in [-0.05, 0) is 6.92 Å². The molecular weight excluding hydrogens is 392 g/mol. The molecule has 0 aromatic carbocycles. The van der Waals surface area contributed by atoms with Gasteiger partial charge in [0.15, 0.2) is 5.82 Å². The summed E-state index contributed by atoms with van der Waals surface area (Å²) in [5.41, 5.74) is 10.8. The molecule has 2 heterocycles. The van der Waals surface area contributed by atoms with E-state index < -0.39 is 49.4 Å². The SMILES string of the molecule is CC(O)[C@@H](NC(=O)N[C@@H](CC(N)=O)c1nc(C(N)CO)no1)c1nnc(CO)o1. The highest BCUT2D eigenvalue weighted by atomic mass is 16.5. The molecule has 15 heteroatoms. The molecule has 0 radical (unpaired) electrons. The van der Waals surface area contributed by atoms with Crippen LogP contribution in [-0.2, 0) is 11.4 Å². The van der Waals surface area contributed by atoms with Gasteiger partial charge in [-0.1, -0.05) is 5.16 Å². The molecule has 160 valence electrons.